The number of anilines is 4. The predicted octanol–water partition coefficient (Wildman–Crippen LogP) is 4.31. The number of rotatable bonds is 5. The molecule has 1 amide bonds. The van der Waals surface area contributed by atoms with Crippen molar-refractivity contribution in [3.05, 3.63) is 71.0 Å². The SMILES string of the molecule is NC(=O)c1cc(Nc2ccc3nc(Nc4ccc(Br)cc4)[nH]c3c2)ccn1. The molecule has 27 heavy (non-hydrogen) atoms. The molecule has 2 aromatic heterocycles. The Kier molecular flexibility index (Phi) is 4.47. The van der Waals surface area contributed by atoms with Gasteiger partial charge in [-0.15, -0.1) is 0 Å². The lowest BCUT2D eigenvalue weighted by Gasteiger charge is -2.06. The molecule has 4 rings (SSSR count). The Hall–Kier alpha value is -3.39. The lowest BCUT2D eigenvalue weighted by atomic mass is 10.2. The summed E-state index contributed by atoms with van der Waals surface area (Å²) in [5, 5.41) is 6.48. The number of nitrogens with two attached hydrogens (primary N) is 1. The van der Waals surface area contributed by atoms with Crippen molar-refractivity contribution in [3.63, 3.8) is 0 Å². The van der Waals surface area contributed by atoms with Gasteiger partial charge in [0.25, 0.3) is 5.91 Å². The van der Waals surface area contributed by atoms with Gasteiger partial charge in [0.05, 0.1) is 11.0 Å². The highest BCUT2D eigenvalue weighted by Crippen LogP contribution is 2.24. The zero-order valence-electron chi connectivity index (χ0n) is 14.0. The lowest BCUT2D eigenvalue weighted by molar-refractivity contribution is 0.0995. The monoisotopic (exact) mass is 422 g/mol. The number of fused-ring (bicyclic) bond motifs is 1. The minimum absolute atomic E-state index is 0.212. The van der Waals surface area contributed by atoms with Crippen LogP contribution in [-0.4, -0.2) is 20.9 Å². The molecule has 2 heterocycles. The summed E-state index contributed by atoms with van der Waals surface area (Å²) in [5.74, 6) is 0.0933. The maximum atomic E-state index is 11.3. The summed E-state index contributed by atoms with van der Waals surface area (Å²) in [6.07, 6.45) is 1.54. The molecule has 7 nitrogen and oxygen atoms in total. The Morgan fingerprint density at radius 2 is 1.70 bits per heavy atom. The first-order valence-electron chi connectivity index (χ1n) is 8.12. The smallest absolute Gasteiger partial charge is 0.267 e. The van der Waals surface area contributed by atoms with Gasteiger partial charge >= 0.3 is 0 Å². The Labute approximate surface area is 163 Å². The summed E-state index contributed by atoms with van der Waals surface area (Å²) >= 11 is 3.42. The standard InChI is InChI=1S/C19H15BrN6O/c20-11-1-3-12(4-2-11)24-19-25-15-6-5-13(9-16(15)26-19)23-14-7-8-22-17(10-14)18(21)27/h1-10H,(H2,21,27)(H,22,23)(H2,24,25,26). The number of primary amides is 1. The van der Waals surface area contributed by atoms with Gasteiger partial charge in [-0.3, -0.25) is 9.78 Å². The number of imidazole rings is 1. The van der Waals surface area contributed by atoms with E-state index in [9.17, 15) is 4.79 Å². The van der Waals surface area contributed by atoms with Gasteiger partial charge in [-0.1, -0.05) is 15.9 Å². The normalized spacial score (nSPS) is 10.7. The number of hydrogen-bond donors (Lipinski definition) is 4. The molecule has 0 aliphatic rings. The number of aromatic nitrogens is 3. The van der Waals surface area contributed by atoms with Crippen LogP contribution in [0.1, 0.15) is 10.5 Å². The molecule has 0 saturated heterocycles. The van der Waals surface area contributed by atoms with Crippen LogP contribution in [0.25, 0.3) is 11.0 Å². The third-order valence-electron chi connectivity index (χ3n) is 3.89. The van der Waals surface area contributed by atoms with E-state index in [1.807, 2.05) is 42.5 Å². The van der Waals surface area contributed by atoms with E-state index in [-0.39, 0.29) is 5.69 Å². The van der Waals surface area contributed by atoms with Gasteiger partial charge in [-0.2, -0.15) is 0 Å². The maximum absolute atomic E-state index is 11.3. The number of pyridine rings is 1. The number of carbonyl (C=O) groups is 1. The summed E-state index contributed by atoms with van der Waals surface area (Å²) in [6, 6.07) is 17.0. The first kappa shape index (κ1) is 17.0. The molecule has 0 bridgehead atoms. The second-order valence-electron chi connectivity index (χ2n) is 5.87. The van der Waals surface area contributed by atoms with Crippen molar-refractivity contribution < 1.29 is 4.79 Å². The highest BCUT2D eigenvalue weighted by Gasteiger charge is 2.06. The number of carbonyl (C=O) groups excluding carboxylic acids is 1. The number of nitrogens with one attached hydrogen (secondary N) is 3. The van der Waals surface area contributed by atoms with E-state index >= 15 is 0 Å². The van der Waals surface area contributed by atoms with Crippen molar-refractivity contribution >= 4 is 55.9 Å². The molecule has 0 unspecified atom stereocenters. The minimum Gasteiger partial charge on any atom is -0.364 e. The lowest BCUT2D eigenvalue weighted by Crippen LogP contribution is -2.12. The van der Waals surface area contributed by atoms with Gasteiger partial charge in [-0.25, -0.2) is 4.98 Å². The molecule has 8 heteroatoms. The van der Waals surface area contributed by atoms with Crippen molar-refractivity contribution in [2.75, 3.05) is 10.6 Å². The van der Waals surface area contributed by atoms with E-state index < -0.39 is 5.91 Å². The zero-order valence-corrected chi connectivity index (χ0v) is 15.6. The van der Waals surface area contributed by atoms with E-state index in [0.29, 0.717) is 5.95 Å². The van der Waals surface area contributed by atoms with Crippen molar-refractivity contribution in [2.45, 2.75) is 0 Å². The summed E-state index contributed by atoms with van der Waals surface area (Å²) in [6.45, 7) is 0. The van der Waals surface area contributed by atoms with Crippen LogP contribution in [-0.2, 0) is 0 Å². The van der Waals surface area contributed by atoms with Crippen LogP contribution in [0.4, 0.5) is 23.0 Å². The van der Waals surface area contributed by atoms with Gasteiger partial charge in [-0.05, 0) is 54.6 Å². The average molecular weight is 423 g/mol. The van der Waals surface area contributed by atoms with Gasteiger partial charge in [0.1, 0.15) is 5.69 Å². The van der Waals surface area contributed by atoms with Gasteiger partial charge in [0.15, 0.2) is 0 Å². The molecule has 0 aliphatic carbocycles. The maximum Gasteiger partial charge on any atom is 0.267 e. The average Bonchev–Trinajstić information content (AvgIpc) is 3.05. The zero-order chi connectivity index (χ0) is 18.8. The Morgan fingerprint density at radius 1 is 0.963 bits per heavy atom. The Balaban J connectivity index is 1.56. The topological polar surface area (TPSA) is 109 Å². The number of halogens is 1. The quantitative estimate of drug-likeness (QED) is 0.383. The molecule has 0 spiro atoms. The van der Waals surface area contributed by atoms with Crippen molar-refractivity contribution in [3.8, 4) is 0 Å². The van der Waals surface area contributed by atoms with E-state index in [1.54, 1.807) is 12.1 Å². The van der Waals surface area contributed by atoms with Crippen molar-refractivity contribution in [2.24, 2.45) is 5.73 Å². The molecular weight excluding hydrogens is 408 g/mol. The van der Waals surface area contributed by atoms with E-state index in [4.69, 9.17) is 5.73 Å². The first-order chi connectivity index (χ1) is 13.1. The number of benzene rings is 2. The highest BCUT2D eigenvalue weighted by molar-refractivity contribution is 9.10. The molecule has 0 saturated carbocycles. The van der Waals surface area contributed by atoms with Crippen LogP contribution in [0.3, 0.4) is 0 Å². The second kappa shape index (κ2) is 7.08. The molecule has 0 atom stereocenters. The van der Waals surface area contributed by atoms with Gasteiger partial charge in [0, 0.05) is 27.7 Å². The van der Waals surface area contributed by atoms with Gasteiger partial charge < -0.3 is 21.4 Å². The molecule has 0 aliphatic heterocycles. The third-order valence-corrected chi connectivity index (χ3v) is 4.42. The van der Waals surface area contributed by atoms with Crippen LogP contribution in [0.15, 0.2) is 65.3 Å². The highest BCUT2D eigenvalue weighted by atomic mass is 79.9. The fourth-order valence-corrected chi connectivity index (χ4v) is 2.89. The number of hydrogen-bond acceptors (Lipinski definition) is 5. The summed E-state index contributed by atoms with van der Waals surface area (Å²) in [5.41, 5.74) is 9.72. The third kappa shape index (κ3) is 3.90. The Bertz CT molecular complexity index is 1120. The predicted molar refractivity (Wildman–Crippen MR) is 110 cm³/mol. The fourth-order valence-electron chi connectivity index (χ4n) is 2.63. The van der Waals surface area contributed by atoms with Crippen LogP contribution < -0.4 is 16.4 Å². The summed E-state index contributed by atoms with van der Waals surface area (Å²) in [4.78, 5) is 23.0. The molecule has 5 N–H and O–H groups in total. The molecule has 2 aromatic carbocycles. The number of nitrogens with zero attached hydrogens (tertiary/aromatic N) is 2. The molecule has 0 radical (unpaired) electrons. The largest absolute Gasteiger partial charge is 0.364 e. The van der Waals surface area contributed by atoms with Gasteiger partial charge in [0.2, 0.25) is 5.95 Å². The Morgan fingerprint density at radius 3 is 2.48 bits per heavy atom. The molecule has 4 aromatic rings. The van der Waals surface area contributed by atoms with E-state index in [2.05, 4.69) is 41.5 Å². The van der Waals surface area contributed by atoms with Crippen molar-refractivity contribution in [1.82, 2.24) is 15.0 Å². The minimum atomic E-state index is -0.564. The number of aromatic amines is 1. The fraction of sp³-hybridized carbons (Fsp3) is 0. The van der Waals surface area contributed by atoms with Crippen LogP contribution in [0, 0.1) is 0 Å². The second-order valence-corrected chi connectivity index (χ2v) is 6.78. The number of H-pyrrole nitrogens is 1. The molecular formula is C19H15BrN6O. The first-order valence-corrected chi connectivity index (χ1v) is 8.91. The number of amides is 1. The van der Waals surface area contributed by atoms with Crippen LogP contribution >= 0.6 is 15.9 Å². The van der Waals surface area contributed by atoms with Crippen LogP contribution in [0.2, 0.25) is 0 Å². The van der Waals surface area contributed by atoms with E-state index in [0.717, 1.165) is 32.6 Å². The van der Waals surface area contributed by atoms with Crippen LogP contribution in [0.5, 0.6) is 0 Å². The summed E-state index contributed by atoms with van der Waals surface area (Å²) < 4.78 is 1.02. The molecule has 134 valence electrons. The molecule has 0 fully saturated rings. The summed E-state index contributed by atoms with van der Waals surface area (Å²) in [7, 11) is 0. The van der Waals surface area contributed by atoms with E-state index in [1.165, 1.54) is 6.20 Å². The van der Waals surface area contributed by atoms with Crippen molar-refractivity contribution in [1.29, 1.82) is 0 Å².